The van der Waals surface area contributed by atoms with Gasteiger partial charge in [0.05, 0.1) is 5.56 Å². The molecule has 0 aliphatic heterocycles. The van der Waals surface area contributed by atoms with Gasteiger partial charge in [0.25, 0.3) is 0 Å². The summed E-state index contributed by atoms with van der Waals surface area (Å²) in [7, 11) is 0. The number of rotatable bonds is 1. The van der Waals surface area contributed by atoms with E-state index in [9.17, 15) is 0 Å². The lowest BCUT2D eigenvalue weighted by molar-refractivity contribution is 0.638. The van der Waals surface area contributed by atoms with Gasteiger partial charge in [-0.25, -0.2) is 0 Å². The molecule has 0 bridgehead atoms. The largest absolute Gasteiger partial charge is 0.440 e. The van der Waals surface area contributed by atoms with Crippen LogP contribution >= 0.6 is 0 Å². The third-order valence-electron chi connectivity index (χ3n) is 3.61. The molecule has 0 aliphatic rings. The molecule has 0 fully saturated rings. The van der Waals surface area contributed by atoms with Gasteiger partial charge in [-0.05, 0) is 12.1 Å². The monoisotopic (exact) mass is 263 g/mol. The van der Waals surface area contributed by atoms with Crippen molar-refractivity contribution in [3.8, 4) is 11.1 Å². The van der Waals surface area contributed by atoms with Crippen molar-refractivity contribution >= 4 is 33.6 Å². The van der Waals surface area contributed by atoms with Crippen molar-refractivity contribution < 1.29 is 4.42 Å². The van der Waals surface area contributed by atoms with E-state index in [-0.39, 0.29) is 0 Å². The molecule has 2 aromatic heterocycles. The maximum atomic E-state index is 6.15. The number of nitrogens with two attached hydrogens (primary N) is 2. The molecule has 0 spiro atoms. The second kappa shape index (κ2) is 3.81. The van der Waals surface area contributed by atoms with Crippen LogP contribution in [0.25, 0.3) is 33.0 Å². The summed E-state index contributed by atoms with van der Waals surface area (Å²) >= 11 is 0. The van der Waals surface area contributed by atoms with Crippen LogP contribution in [0.1, 0.15) is 0 Å². The van der Waals surface area contributed by atoms with Crippen LogP contribution in [0.15, 0.2) is 52.9 Å². The number of anilines is 2. The van der Waals surface area contributed by atoms with Crippen LogP contribution in [0.4, 0.5) is 11.7 Å². The molecule has 4 heteroatoms. The number of aromatic nitrogens is 1. The Labute approximate surface area is 115 Å². The highest BCUT2D eigenvalue weighted by Gasteiger charge is 2.19. The topological polar surface area (TPSA) is 81.0 Å². The van der Waals surface area contributed by atoms with Crippen LogP contribution in [0.3, 0.4) is 0 Å². The molecule has 0 amide bonds. The van der Waals surface area contributed by atoms with Crippen molar-refractivity contribution in [1.82, 2.24) is 4.98 Å². The van der Waals surface area contributed by atoms with Crippen LogP contribution in [-0.4, -0.2) is 4.98 Å². The summed E-state index contributed by atoms with van der Waals surface area (Å²) in [4.78, 5) is 3.19. The quantitative estimate of drug-likeness (QED) is 0.489. The second-order valence-corrected chi connectivity index (χ2v) is 4.80. The highest BCUT2D eigenvalue weighted by molar-refractivity contribution is 6.11. The summed E-state index contributed by atoms with van der Waals surface area (Å²) in [6.45, 7) is 0. The van der Waals surface area contributed by atoms with Crippen molar-refractivity contribution in [3.63, 3.8) is 0 Å². The summed E-state index contributed by atoms with van der Waals surface area (Å²) in [5, 5.41) is 2.02. The molecule has 0 saturated heterocycles. The number of hydrogen-bond donors (Lipinski definition) is 3. The van der Waals surface area contributed by atoms with Crippen LogP contribution in [-0.2, 0) is 0 Å². The smallest absolute Gasteiger partial charge is 0.199 e. The van der Waals surface area contributed by atoms with E-state index in [4.69, 9.17) is 15.9 Å². The highest BCUT2D eigenvalue weighted by atomic mass is 16.3. The average molecular weight is 263 g/mol. The fourth-order valence-electron chi connectivity index (χ4n) is 2.75. The van der Waals surface area contributed by atoms with E-state index in [1.165, 1.54) is 0 Å². The zero-order valence-corrected chi connectivity index (χ0v) is 10.7. The number of benzene rings is 2. The van der Waals surface area contributed by atoms with Gasteiger partial charge in [0.15, 0.2) is 5.88 Å². The van der Waals surface area contributed by atoms with E-state index in [1.54, 1.807) is 0 Å². The lowest BCUT2D eigenvalue weighted by Crippen LogP contribution is -1.90. The Kier molecular flexibility index (Phi) is 2.09. The van der Waals surface area contributed by atoms with Gasteiger partial charge in [0.2, 0.25) is 0 Å². The van der Waals surface area contributed by atoms with E-state index < -0.39 is 0 Å². The SMILES string of the molecule is Nc1[nH]c2ccccc2c1-c1c(N)oc2ccccc12. The van der Waals surface area contributed by atoms with Crippen LogP contribution in [0.2, 0.25) is 0 Å². The molecule has 2 aromatic carbocycles. The molecule has 4 rings (SSSR count). The lowest BCUT2D eigenvalue weighted by atomic mass is 10.0. The second-order valence-electron chi connectivity index (χ2n) is 4.80. The first-order valence-corrected chi connectivity index (χ1v) is 6.39. The summed E-state index contributed by atoms with van der Waals surface area (Å²) in [5.41, 5.74) is 15.7. The zero-order chi connectivity index (χ0) is 13.7. The van der Waals surface area contributed by atoms with Crippen molar-refractivity contribution in [3.05, 3.63) is 48.5 Å². The van der Waals surface area contributed by atoms with Gasteiger partial charge in [-0.15, -0.1) is 0 Å². The fraction of sp³-hybridized carbons (Fsp3) is 0. The summed E-state index contributed by atoms with van der Waals surface area (Å²) in [6, 6.07) is 15.8. The predicted octanol–water partition coefficient (Wildman–Crippen LogP) is 3.75. The number of nitrogens with one attached hydrogen (secondary N) is 1. The van der Waals surface area contributed by atoms with E-state index >= 15 is 0 Å². The highest BCUT2D eigenvalue weighted by Crippen LogP contribution is 2.42. The van der Waals surface area contributed by atoms with Crippen molar-refractivity contribution in [2.75, 3.05) is 11.5 Å². The minimum Gasteiger partial charge on any atom is -0.440 e. The van der Waals surface area contributed by atoms with E-state index in [2.05, 4.69) is 4.98 Å². The fourth-order valence-corrected chi connectivity index (χ4v) is 2.75. The Morgan fingerprint density at radius 3 is 2.35 bits per heavy atom. The first-order valence-electron chi connectivity index (χ1n) is 6.39. The Morgan fingerprint density at radius 2 is 1.50 bits per heavy atom. The minimum absolute atomic E-state index is 0.391. The minimum atomic E-state index is 0.391. The van der Waals surface area contributed by atoms with Gasteiger partial charge >= 0.3 is 0 Å². The van der Waals surface area contributed by atoms with Gasteiger partial charge < -0.3 is 20.9 Å². The van der Waals surface area contributed by atoms with E-state index in [0.29, 0.717) is 11.7 Å². The first-order chi connectivity index (χ1) is 9.75. The maximum Gasteiger partial charge on any atom is 0.199 e. The van der Waals surface area contributed by atoms with Gasteiger partial charge in [-0.2, -0.15) is 0 Å². The molecule has 4 nitrogen and oxygen atoms in total. The van der Waals surface area contributed by atoms with E-state index in [0.717, 1.165) is 33.0 Å². The third kappa shape index (κ3) is 1.36. The lowest BCUT2D eigenvalue weighted by Gasteiger charge is -2.00. The molecular formula is C16H13N3O. The maximum absolute atomic E-state index is 6.15. The van der Waals surface area contributed by atoms with Gasteiger partial charge in [-0.3, -0.25) is 0 Å². The van der Waals surface area contributed by atoms with Crippen molar-refractivity contribution in [2.45, 2.75) is 0 Å². The van der Waals surface area contributed by atoms with E-state index in [1.807, 2.05) is 48.5 Å². The van der Waals surface area contributed by atoms with Crippen LogP contribution < -0.4 is 11.5 Å². The van der Waals surface area contributed by atoms with Gasteiger partial charge in [0, 0.05) is 21.9 Å². The molecule has 4 aromatic rings. The number of furan rings is 1. The molecule has 0 aliphatic carbocycles. The Morgan fingerprint density at radius 1 is 0.800 bits per heavy atom. The first kappa shape index (κ1) is 11.0. The number of fused-ring (bicyclic) bond motifs is 2. The standard InChI is InChI=1S/C16H13N3O/c17-15-13(9-5-1-3-7-11(9)19-15)14-10-6-2-4-8-12(10)20-16(14)18/h1-8,19H,17-18H2. The Balaban J connectivity index is 2.16. The van der Waals surface area contributed by atoms with Crippen LogP contribution in [0, 0.1) is 0 Å². The molecule has 98 valence electrons. The third-order valence-corrected chi connectivity index (χ3v) is 3.61. The van der Waals surface area contributed by atoms with Crippen molar-refractivity contribution in [1.29, 1.82) is 0 Å². The molecule has 0 saturated carbocycles. The summed E-state index contributed by atoms with van der Waals surface area (Å²) in [5.74, 6) is 0.993. The number of nitrogen functional groups attached to an aromatic ring is 2. The number of aromatic amines is 1. The Hall–Kier alpha value is -2.88. The van der Waals surface area contributed by atoms with Crippen molar-refractivity contribution in [2.24, 2.45) is 0 Å². The summed E-state index contributed by atoms with van der Waals surface area (Å²) < 4.78 is 5.64. The molecule has 20 heavy (non-hydrogen) atoms. The van der Waals surface area contributed by atoms with Gasteiger partial charge in [0.1, 0.15) is 11.4 Å². The molecule has 2 heterocycles. The summed E-state index contributed by atoms with van der Waals surface area (Å²) in [6.07, 6.45) is 0. The zero-order valence-electron chi connectivity index (χ0n) is 10.7. The average Bonchev–Trinajstić information content (AvgIpc) is 2.94. The number of hydrogen-bond acceptors (Lipinski definition) is 3. The molecule has 0 atom stereocenters. The predicted molar refractivity (Wildman–Crippen MR) is 82.3 cm³/mol. The Bertz CT molecular complexity index is 855. The normalized spacial score (nSPS) is 11.4. The number of H-pyrrole nitrogens is 1. The molecule has 0 radical (unpaired) electrons. The molecule has 5 N–H and O–H groups in total. The van der Waals surface area contributed by atoms with Gasteiger partial charge in [-0.1, -0.05) is 36.4 Å². The van der Waals surface area contributed by atoms with Crippen LogP contribution in [0.5, 0.6) is 0 Å². The molecular weight excluding hydrogens is 250 g/mol. The number of para-hydroxylation sites is 2. The molecule has 0 unspecified atom stereocenters.